The van der Waals surface area contributed by atoms with E-state index in [1.54, 1.807) is 34.4 Å². The number of aliphatic hydroxyl groups is 2. The Balaban J connectivity index is 1.10. The summed E-state index contributed by atoms with van der Waals surface area (Å²) < 4.78 is 8.92. The molecule has 5 nitrogen and oxygen atoms in total. The van der Waals surface area contributed by atoms with Gasteiger partial charge in [0.25, 0.3) is 0 Å². The van der Waals surface area contributed by atoms with E-state index in [4.69, 9.17) is 9.72 Å². The number of carbonyl (C=O) groups excluding carboxylic acids is 1. The number of fused-ring (bicyclic) bond motifs is 3. The van der Waals surface area contributed by atoms with Gasteiger partial charge in [-0.15, -0.1) is 22.7 Å². The summed E-state index contributed by atoms with van der Waals surface area (Å²) >= 11 is 4.94. The Morgan fingerprint density at radius 2 is 1.77 bits per heavy atom. The number of thiophene rings is 1. The summed E-state index contributed by atoms with van der Waals surface area (Å²) in [7, 11) is 0. The van der Waals surface area contributed by atoms with Crippen LogP contribution in [0.25, 0.3) is 20.3 Å². The highest BCUT2D eigenvalue weighted by molar-refractivity contribution is 8.01. The van der Waals surface area contributed by atoms with Crippen LogP contribution in [0, 0.1) is 33.5 Å². The Bertz CT molecular complexity index is 2000. The average Bonchev–Trinajstić information content (AvgIpc) is 3.77. The van der Waals surface area contributed by atoms with E-state index in [9.17, 15) is 15.0 Å². The van der Waals surface area contributed by atoms with E-state index in [-0.39, 0.29) is 40.0 Å². The highest BCUT2D eigenvalue weighted by Crippen LogP contribution is 2.78. The first-order valence-electron chi connectivity index (χ1n) is 17.6. The zero-order valence-corrected chi connectivity index (χ0v) is 30.3. The van der Waals surface area contributed by atoms with Gasteiger partial charge in [-0.2, -0.15) is 0 Å². The number of benzene rings is 2. The number of allylic oxidation sites excluding steroid dienone is 4. The van der Waals surface area contributed by atoms with E-state index in [2.05, 4.69) is 56.3 Å². The number of rotatable bonds is 7. The van der Waals surface area contributed by atoms with Gasteiger partial charge in [0, 0.05) is 32.3 Å². The smallest absolute Gasteiger partial charge is 0.199 e. The Labute approximate surface area is 294 Å². The van der Waals surface area contributed by atoms with Crippen LogP contribution in [0.5, 0.6) is 5.75 Å². The topological polar surface area (TPSA) is 79.7 Å². The molecule has 6 aliphatic rings. The summed E-state index contributed by atoms with van der Waals surface area (Å²) in [6.07, 6.45) is 12.7. The zero-order valence-electron chi connectivity index (χ0n) is 27.8. The van der Waals surface area contributed by atoms with Crippen molar-refractivity contribution in [3.05, 3.63) is 77.2 Å². The fraction of sp³-hybridized carbons (Fsp3) is 0.500. The summed E-state index contributed by atoms with van der Waals surface area (Å²) in [6, 6.07) is 16.4. The van der Waals surface area contributed by atoms with Gasteiger partial charge in [-0.1, -0.05) is 62.0 Å². The minimum atomic E-state index is -0.883. The van der Waals surface area contributed by atoms with Gasteiger partial charge in [-0.05, 0) is 105 Å². The van der Waals surface area contributed by atoms with Crippen molar-refractivity contribution in [3.63, 3.8) is 0 Å². The van der Waals surface area contributed by atoms with E-state index in [1.165, 1.54) is 0 Å². The maximum absolute atomic E-state index is 14.9. The maximum Gasteiger partial charge on any atom is 0.199 e. The van der Waals surface area contributed by atoms with Crippen molar-refractivity contribution in [2.24, 2.45) is 33.5 Å². The molecule has 2 spiro atoms. The molecule has 6 aliphatic carbocycles. The number of aliphatic hydroxyl groups excluding tert-OH is 1. The number of aromatic nitrogens is 1. The zero-order chi connectivity index (χ0) is 33.1. The Morgan fingerprint density at radius 1 is 0.979 bits per heavy atom. The molecule has 250 valence electrons. The van der Waals surface area contributed by atoms with Crippen molar-refractivity contribution >= 4 is 60.5 Å². The molecule has 0 radical (unpaired) electrons. The molecule has 10 rings (SSSR count). The lowest BCUT2D eigenvalue weighted by Crippen LogP contribution is -2.67. The molecular weight excluding hydrogens is 655 g/mol. The van der Waals surface area contributed by atoms with Crippen molar-refractivity contribution in [2.45, 2.75) is 81.8 Å². The molecule has 48 heavy (non-hydrogen) atoms. The molecule has 8 unspecified atom stereocenters. The summed E-state index contributed by atoms with van der Waals surface area (Å²) in [6.45, 7) is 7.39. The summed E-state index contributed by atoms with van der Waals surface area (Å²) in [4.78, 5) is 20.7. The second-order valence-corrected chi connectivity index (χ2v) is 19.0. The summed E-state index contributed by atoms with van der Waals surface area (Å²) in [5.41, 5.74) is -0.162. The van der Waals surface area contributed by atoms with Gasteiger partial charge >= 0.3 is 0 Å². The van der Waals surface area contributed by atoms with Crippen LogP contribution >= 0.6 is 34.4 Å². The number of thioether (sulfide) groups is 1. The fourth-order valence-corrected chi connectivity index (χ4v) is 14.6. The highest BCUT2D eigenvalue weighted by atomic mass is 32.2. The third-order valence-corrected chi connectivity index (χ3v) is 17.2. The first-order chi connectivity index (χ1) is 23.0. The fourth-order valence-electron chi connectivity index (χ4n) is 11.2. The number of hydrogen-bond acceptors (Lipinski definition) is 8. The van der Waals surface area contributed by atoms with Crippen molar-refractivity contribution < 1.29 is 19.7 Å². The normalized spacial score (nSPS) is 38.1. The Hall–Kier alpha value is -2.49. The van der Waals surface area contributed by atoms with E-state index >= 15 is 0 Å². The van der Waals surface area contributed by atoms with Crippen LogP contribution in [-0.4, -0.2) is 45.0 Å². The molecule has 2 aromatic heterocycles. The highest BCUT2D eigenvalue weighted by Gasteiger charge is 2.74. The number of carbonyl (C=O) groups is 1. The number of ketones is 1. The molecule has 2 aromatic carbocycles. The van der Waals surface area contributed by atoms with Gasteiger partial charge in [-0.25, -0.2) is 4.98 Å². The molecule has 2 N–H and O–H groups in total. The molecule has 0 saturated heterocycles. The van der Waals surface area contributed by atoms with E-state index in [1.807, 2.05) is 31.2 Å². The van der Waals surface area contributed by atoms with Crippen LogP contribution in [0.15, 0.2) is 76.7 Å². The van der Waals surface area contributed by atoms with Crippen LogP contribution < -0.4 is 4.74 Å². The first kappa shape index (κ1) is 31.5. The predicted molar refractivity (Wildman–Crippen MR) is 196 cm³/mol. The minimum absolute atomic E-state index is 0.0386. The van der Waals surface area contributed by atoms with E-state index in [0.29, 0.717) is 25.2 Å². The second-order valence-electron chi connectivity index (χ2n) is 15.6. The molecule has 4 aromatic rings. The van der Waals surface area contributed by atoms with Gasteiger partial charge in [-0.3, -0.25) is 4.79 Å². The standard InChI is InChI=1S/C40H43NO4S3/c1-4-45-26-9-10-28-30(20-26)48-35(41-28)46-23-39(44)16-13-33-37(39,3)15-12-32-36(2)14-11-25(42)21-38(36)17-18-40(32,33)27(22-38)34(43)31-19-24-7-5-6-8-29(24)47-31/h5-10,17-20,22,25,32-33,42,44H,4,11-16,21,23H2,1-3H3. The predicted octanol–water partition coefficient (Wildman–Crippen LogP) is 9.48. The van der Waals surface area contributed by atoms with Gasteiger partial charge in [0.2, 0.25) is 0 Å². The van der Waals surface area contributed by atoms with Crippen molar-refractivity contribution in [2.75, 3.05) is 12.4 Å². The Morgan fingerprint density at radius 3 is 2.60 bits per heavy atom. The van der Waals surface area contributed by atoms with Crippen LogP contribution in [0.3, 0.4) is 0 Å². The molecule has 2 bridgehead atoms. The van der Waals surface area contributed by atoms with E-state index < -0.39 is 11.0 Å². The molecule has 8 atom stereocenters. The lowest BCUT2D eigenvalue weighted by Gasteiger charge is -2.71. The van der Waals surface area contributed by atoms with Gasteiger partial charge in [0.05, 0.1) is 33.4 Å². The average molecular weight is 698 g/mol. The van der Waals surface area contributed by atoms with E-state index in [0.717, 1.165) is 72.9 Å². The van der Waals surface area contributed by atoms with Crippen LogP contribution in [0.2, 0.25) is 0 Å². The number of ether oxygens (including phenoxy) is 1. The van der Waals surface area contributed by atoms with Crippen molar-refractivity contribution in [3.8, 4) is 5.75 Å². The lowest BCUT2D eigenvalue weighted by molar-refractivity contribution is -0.166. The number of nitrogens with zero attached hydrogens (tertiary/aromatic N) is 1. The quantitative estimate of drug-likeness (QED) is 0.114. The summed E-state index contributed by atoms with van der Waals surface area (Å²) in [5.74, 6) is 2.01. The molecule has 2 heterocycles. The largest absolute Gasteiger partial charge is 0.494 e. The molecule has 8 heteroatoms. The van der Waals surface area contributed by atoms with Crippen LogP contribution in [0.4, 0.5) is 0 Å². The van der Waals surface area contributed by atoms with Crippen molar-refractivity contribution in [1.29, 1.82) is 0 Å². The third-order valence-electron chi connectivity index (χ3n) is 13.7. The van der Waals surface area contributed by atoms with Crippen LogP contribution in [-0.2, 0) is 0 Å². The third kappa shape index (κ3) is 4.16. The molecule has 0 aliphatic heterocycles. The number of Topliss-reactive ketones (excluding diaryl/α,β-unsaturated/α-hetero) is 1. The molecular formula is C40H43NO4S3. The first-order valence-corrected chi connectivity index (χ1v) is 20.2. The lowest BCUT2D eigenvalue weighted by atomic mass is 9.33. The van der Waals surface area contributed by atoms with Gasteiger partial charge in [0.15, 0.2) is 10.1 Å². The SMILES string of the molecule is CCOc1ccc2nc(SCC3(O)CCC4C56C=CC7(C=C5C(=O)c5cc8ccccc8s5)CC(O)CCC7(C)C6CCC43C)sc2c1. The minimum Gasteiger partial charge on any atom is -0.494 e. The maximum atomic E-state index is 14.9. The molecule has 3 fully saturated rings. The second kappa shape index (κ2) is 10.8. The molecule has 0 amide bonds. The van der Waals surface area contributed by atoms with Crippen LogP contribution in [0.1, 0.15) is 75.4 Å². The van der Waals surface area contributed by atoms with Gasteiger partial charge < -0.3 is 14.9 Å². The number of thiazole rings is 1. The number of hydrogen-bond donors (Lipinski definition) is 2. The summed E-state index contributed by atoms with van der Waals surface area (Å²) in [5, 5.41) is 24.9. The monoisotopic (exact) mass is 697 g/mol. The molecule has 3 saturated carbocycles. The van der Waals surface area contributed by atoms with Gasteiger partial charge in [0.1, 0.15) is 5.75 Å². The Kier molecular flexibility index (Phi) is 7.06. The van der Waals surface area contributed by atoms with Crippen molar-refractivity contribution in [1.82, 2.24) is 4.98 Å².